The average Bonchev–Trinajstić information content (AvgIpc) is 2.68. The number of nitrogens with zero attached hydrogens (tertiary/aromatic N) is 1. The van der Waals surface area contributed by atoms with Crippen LogP contribution in [0.15, 0.2) is 53.4 Å². The molecule has 28 heavy (non-hydrogen) atoms. The summed E-state index contributed by atoms with van der Waals surface area (Å²) in [6.07, 6.45) is 2.77. The molecule has 2 aromatic rings. The highest BCUT2D eigenvalue weighted by atomic mass is 32.2. The first-order valence-corrected chi connectivity index (χ1v) is 10.9. The van der Waals surface area contributed by atoms with Crippen molar-refractivity contribution in [3.05, 3.63) is 65.5 Å². The van der Waals surface area contributed by atoms with Crippen LogP contribution in [0.3, 0.4) is 0 Å². The zero-order valence-electron chi connectivity index (χ0n) is 16.1. The van der Waals surface area contributed by atoms with Crippen LogP contribution in [-0.2, 0) is 10.0 Å². The number of benzene rings is 2. The summed E-state index contributed by atoms with van der Waals surface area (Å²) in [5, 5.41) is 2.84. The molecule has 1 amide bonds. The molecule has 0 radical (unpaired) electrons. The minimum absolute atomic E-state index is 0.0155. The molecule has 1 N–H and O–H groups in total. The Bertz CT molecular complexity index is 927. The molecule has 0 aliphatic carbocycles. The maximum absolute atomic E-state index is 13.0. The lowest BCUT2D eigenvalue weighted by Crippen LogP contribution is -2.41. The lowest BCUT2D eigenvalue weighted by atomic mass is 10.1. The molecule has 1 aliphatic rings. The molecule has 0 saturated carbocycles. The summed E-state index contributed by atoms with van der Waals surface area (Å²) in [5.74, 6) is -0.644. The van der Waals surface area contributed by atoms with E-state index in [4.69, 9.17) is 0 Å². The predicted octanol–water partition coefficient (Wildman–Crippen LogP) is 3.88. The number of hydrogen-bond acceptors (Lipinski definition) is 3. The number of amides is 1. The van der Waals surface area contributed by atoms with Crippen LogP contribution in [0.1, 0.15) is 55.1 Å². The number of piperidine rings is 1. The Morgan fingerprint density at radius 3 is 2.36 bits per heavy atom. The molecule has 2 aromatic carbocycles. The molecular weight excluding hydrogens is 379 g/mol. The van der Waals surface area contributed by atoms with Crippen molar-refractivity contribution in [2.45, 2.75) is 50.1 Å². The minimum atomic E-state index is -3.56. The van der Waals surface area contributed by atoms with Gasteiger partial charge in [-0.3, -0.25) is 4.79 Å². The third-order valence-corrected chi connectivity index (χ3v) is 7.21. The van der Waals surface area contributed by atoms with E-state index in [-0.39, 0.29) is 28.7 Å². The van der Waals surface area contributed by atoms with Crippen LogP contribution in [0.25, 0.3) is 0 Å². The molecule has 1 heterocycles. The Morgan fingerprint density at radius 1 is 1.11 bits per heavy atom. The highest BCUT2D eigenvalue weighted by Gasteiger charge is 2.30. The van der Waals surface area contributed by atoms with Gasteiger partial charge in [0.15, 0.2) is 0 Å². The van der Waals surface area contributed by atoms with Gasteiger partial charge in [-0.15, -0.1) is 0 Å². The second-order valence-electron chi connectivity index (χ2n) is 7.23. The van der Waals surface area contributed by atoms with Crippen LogP contribution in [0.4, 0.5) is 4.39 Å². The largest absolute Gasteiger partial charge is 0.346 e. The highest BCUT2D eigenvalue weighted by molar-refractivity contribution is 7.89. The van der Waals surface area contributed by atoms with E-state index in [0.717, 1.165) is 24.8 Å². The molecule has 2 atom stereocenters. The van der Waals surface area contributed by atoms with Crippen LogP contribution in [0.2, 0.25) is 0 Å². The molecule has 0 aromatic heterocycles. The zero-order chi connectivity index (χ0) is 20.3. The Labute approximate surface area is 165 Å². The van der Waals surface area contributed by atoms with Crippen LogP contribution >= 0.6 is 0 Å². The normalized spacial score (nSPS) is 19.2. The van der Waals surface area contributed by atoms with Crippen LogP contribution < -0.4 is 5.32 Å². The fraction of sp³-hybridized carbons (Fsp3) is 0.381. The molecule has 150 valence electrons. The summed E-state index contributed by atoms with van der Waals surface area (Å²) in [6, 6.07) is 11.6. The van der Waals surface area contributed by atoms with Crippen molar-refractivity contribution in [1.29, 1.82) is 0 Å². The number of hydrogen-bond donors (Lipinski definition) is 1. The summed E-state index contributed by atoms with van der Waals surface area (Å²) in [5.41, 5.74) is 1.16. The molecule has 7 heteroatoms. The molecule has 1 fully saturated rings. The van der Waals surface area contributed by atoms with E-state index in [1.807, 2.05) is 13.8 Å². The predicted molar refractivity (Wildman–Crippen MR) is 106 cm³/mol. The fourth-order valence-corrected chi connectivity index (χ4v) is 5.16. The van der Waals surface area contributed by atoms with Crippen molar-refractivity contribution < 1.29 is 17.6 Å². The van der Waals surface area contributed by atoms with Crippen molar-refractivity contribution in [3.63, 3.8) is 0 Å². The number of halogens is 1. The summed E-state index contributed by atoms with van der Waals surface area (Å²) < 4.78 is 40.3. The Balaban J connectivity index is 1.71. The SMILES string of the molecule is C[C@H](NC(=O)c1ccc(S(=O)(=O)N2CCCC[C@@H]2C)cc1)c1ccc(F)cc1. The quantitative estimate of drug-likeness (QED) is 0.822. The molecule has 0 bridgehead atoms. The van der Waals surface area contributed by atoms with Crippen LogP contribution in [0, 0.1) is 5.82 Å². The average molecular weight is 405 g/mol. The van der Waals surface area contributed by atoms with Gasteiger partial charge in [0.25, 0.3) is 5.91 Å². The van der Waals surface area contributed by atoms with Crippen molar-refractivity contribution in [3.8, 4) is 0 Å². The van der Waals surface area contributed by atoms with Crippen molar-refractivity contribution >= 4 is 15.9 Å². The monoisotopic (exact) mass is 404 g/mol. The van der Waals surface area contributed by atoms with Crippen LogP contribution in [-0.4, -0.2) is 31.2 Å². The number of carbonyl (C=O) groups is 1. The van der Waals surface area contributed by atoms with Crippen molar-refractivity contribution in [2.75, 3.05) is 6.54 Å². The maximum atomic E-state index is 13.0. The van der Waals surface area contributed by atoms with E-state index in [2.05, 4.69) is 5.32 Å². The first-order valence-electron chi connectivity index (χ1n) is 9.47. The van der Waals surface area contributed by atoms with Crippen LogP contribution in [0.5, 0.6) is 0 Å². The van der Waals surface area contributed by atoms with E-state index in [0.29, 0.717) is 12.1 Å². The first-order chi connectivity index (χ1) is 13.3. The zero-order valence-corrected chi connectivity index (χ0v) is 16.9. The topological polar surface area (TPSA) is 66.5 Å². The Morgan fingerprint density at radius 2 is 1.75 bits per heavy atom. The van der Waals surface area contributed by atoms with E-state index in [1.54, 1.807) is 16.4 Å². The number of nitrogens with one attached hydrogen (secondary N) is 1. The number of carbonyl (C=O) groups excluding carboxylic acids is 1. The van der Waals surface area contributed by atoms with Gasteiger partial charge in [-0.1, -0.05) is 18.6 Å². The van der Waals surface area contributed by atoms with Gasteiger partial charge in [-0.05, 0) is 68.7 Å². The standard InChI is InChI=1S/C21H25FN2O3S/c1-15-5-3-4-14-24(15)28(26,27)20-12-8-18(9-13-20)21(25)23-16(2)17-6-10-19(22)11-7-17/h6-13,15-16H,3-5,14H2,1-2H3,(H,23,25)/t15-,16-/m0/s1. The van der Waals surface area contributed by atoms with Gasteiger partial charge in [-0.25, -0.2) is 12.8 Å². The summed E-state index contributed by atoms with van der Waals surface area (Å²) in [4.78, 5) is 12.7. The molecule has 0 spiro atoms. The lowest BCUT2D eigenvalue weighted by Gasteiger charge is -2.32. The van der Waals surface area contributed by atoms with Gasteiger partial charge in [0.05, 0.1) is 10.9 Å². The van der Waals surface area contributed by atoms with Gasteiger partial charge < -0.3 is 5.32 Å². The summed E-state index contributed by atoms with van der Waals surface area (Å²) in [6.45, 7) is 4.26. The summed E-state index contributed by atoms with van der Waals surface area (Å²) >= 11 is 0. The van der Waals surface area contributed by atoms with Gasteiger partial charge in [0, 0.05) is 18.2 Å². The molecule has 1 aliphatic heterocycles. The third-order valence-electron chi connectivity index (χ3n) is 5.18. The second-order valence-corrected chi connectivity index (χ2v) is 9.12. The molecular formula is C21H25FN2O3S. The van der Waals surface area contributed by atoms with Crippen molar-refractivity contribution in [2.24, 2.45) is 0 Å². The Hall–Kier alpha value is -2.25. The van der Waals surface area contributed by atoms with E-state index in [9.17, 15) is 17.6 Å². The number of sulfonamides is 1. The fourth-order valence-electron chi connectivity index (χ4n) is 3.46. The lowest BCUT2D eigenvalue weighted by molar-refractivity contribution is 0.0939. The number of rotatable bonds is 5. The van der Waals surface area contributed by atoms with E-state index < -0.39 is 10.0 Å². The molecule has 3 rings (SSSR count). The summed E-state index contributed by atoms with van der Waals surface area (Å²) in [7, 11) is -3.56. The van der Waals surface area contributed by atoms with Gasteiger partial charge in [0.1, 0.15) is 5.82 Å². The molecule has 0 unspecified atom stereocenters. The van der Waals surface area contributed by atoms with Gasteiger partial charge in [0.2, 0.25) is 10.0 Å². The van der Waals surface area contributed by atoms with E-state index >= 15 is 0 Å². The molecule has 1 saturated heterocycles. The van der Waals surface area contributed by atoms with Gasteiger partial charge in [-0.2, -0.15) is 4.31 Å². The molecule has 5 nitrogen and oxygen atoms in total. The van der Waals surface area contributed by atoms with E-state index in [1.165, 1.54) is 36.4 Å². The third kappa shape index (κ3) is 4.42. The maximum Gasteiger partial charge on any atom is 0.251 e. The second kappa shape index (κ2) is 8.41. The highest BCUT2D eigenvalue weighted by Crippen LogP contribution is 2.25. The minimum Gasteiger partial charge on any atom is -0.346 e. The Kier molecular flexibility index (Phi) is 6.15. The first kappa shape index (κ1) is 20.5. The van der Waals surface area contributed by atoms with Gasteiger partial charge >= 0.3 is 0 Å². The smallest absolute Gasteiger partial charge is 0.251 e. The van der Waals surface area contributed by atoms with Crippen molar-refractivity contribution in [1.82, 2.24) is 9.62 Å².